The van der Waals surface area contributed by atoms with E-state index in [1.165, 1.54) is 25.3 Å². The Morgan fingerprint density at radius 2 is 2.10 bits per heavy atom. The van der Waals surface area contributed by atoms with E-state index >= 15 is 0 Å². The number of methoxy groups -OCH3 is 1. The second-order valence-electron chi connectivity index (χ2n) is 4.24. The van der Waals surface area contributed by atoms with Crippen LogP contribution in [0.2, 0.25) is 0 Å². The minimum atomic E-state index is -0.512. The van der Waals surface area contributed by atoms with Crippen LogP contribution in [0.25, 0.3) is 0 Å². The zero-order valence-corrected chi connectivity index (χ0v) is 12.7. The van der Waals surface area contributed by atoms with E-state index in [1.807, 2.05) is 0 Å². The van der Waals surface area contributed by atoms with Gasteiger partial charge in [-0.3, -0.25) is 10.1 Å². The highest BCUT2D eigenvalue weighted by Crippen LogP contribution is 2.28. The van der Waals surface area contributed by atoms with Gasteiger partial charge in [0.1, 0.15) is 5.82 Å². The first-order chi connectivity index (χ1) is 10.0. The zero-order valence-electron chi connectivity index (χ0n) is 11.1. The van der Waals surface area contributed by atoms with Crippen molar-refractivity contribution in [1.82, 2.24) is 0 Å². The number of nitro benzene ring substituents is 1. The fraction of sp³-hybridized carbons (Fsp3) is 0.143. The summed E-state index contributed by atoms with van der Waals surface area (Å²) < 4.78 is 19.3. The van der Waals surface area contributed by atoms with Crippen molar-refractivity contribution in [3.8, 4) is 5.75 Å². The summed E-state index contributed by atoms with van der Waals surface area (Å²) in [6.07, 6.45) is 0. The summed E-state index contributed by atoms with van der Waals surface area (Å²) in [6, 6.07) is 9.15. The van der Waals surface area contributed by atoms with Crippen molar-refractivity contribution in [2.24, 2.45) is 0 Å². The van der Waals surface area contributed by atoms with E-state index in [9.17, 15) is 14.5 Å². The molecule has 0 aliphatic carbocycles. The highest BCUT2D eigenvalue weighted by atomic mass is 79.9. The lowest BCUT2D eigenvalue weighted by molar-refractivity contribution is -0.385. The van der Waals surface area contributed by atoms with Crippen LogP contribution in [0, 0.1) is 15.9 Å². The monoisotopic (exact) mass is 354 g/mol. The summed E-state index contributed by atoms with van der Waals surface area (Å²) >= 11 is 3.26. The van der Waals surface area contributed by atoms with Gasteiger partial charge in [-0.05, 0) is 29.8 Å². The molecule has 0 heterocycles. The average Bonchev–Trinajstić information content (AvgIpc) is 2.47. The third kappa shape index (κ3) is 3.69. The van der Waals surface area contributed by atoms with Crippen LogP contribution in [-0.4, -0.2) is 12.0 Å². The quantitative estimate of drug-likeness (QED) is 0.647. The lowest BCUT2D eigenvalue weighted by Crippen LogP contribution is -2.03. The predicted molar refractivity (Wildman–Crippen MR) is 81.1 cm³/mol. The molecule has 1 N–H and O–H groups in total. The van der Waals surface area contributed by atoms with Gasteiger partial charge in [-0.25, -0.2) is 4.39 Å². The number of nitro groups is 1. The Morgan fingerprint density at radius 3 is 2.76 bits per heavy atom. The van der Waals surface area contributed by atoms with Crippen LogP contribution in [0.1, 0.15) is 5.56 Å². The van der Waals surface area contributed by atoms with Crippen molar-refractivity contribution in [3.05, 3.63) is 62.4 Å². The number of nitrogens with one attached hydrogen (secondary N) is 1. The Labute approximate surface area is 129 Å². The molecule has 0 fully saturated rings. The average molecular weight is 355 g/mol. The maximum atomic E-state index is 13.6. The fourth-order valence-electron chi connectivity index (χ4n) is 1.82. The number of halogens is 2. The molecule has 0 spiro atoms. The summed E-state index contributed by atoms with van der Waals surface area (Å²) in [6.45, 7) is 0.262. The van der Waals surface area contributed by atoms with Crippen LogP contribution >= 0.6 is 15.9 Å². The molecular formula is C14H12BrFN2O3. The van der Waals surface area contributed by atoms with Crippen LogP contribution in [0.15, 0.2) is 40.9 Å². The number of hydrogen-bond donors (Lipinski definition) is 1. The third-order valence-corrected chi connectivity index (χ3v) is 3.34. The van der Waals surface area contributed by atoms with Crippen LogP contribution in [-0.2, 0) is 6.54 Å². The number of hydrogen-bond acceptors (Lipinski definition) is 4. The largest absolute Gasteiger partial charge is 0.490 e. The molecule has 2 aromatic rings. The van der Waals surface area contributed by atoms with E-state index in [2.05, 4.69) is 21.2 Å². The van der Waals surface area contributed by atoms with E-state index in [4.69, 9.17) is 4.74 Å². The Bertz CT molecular complexity index is 679. The van der Waals surface area contributed by atoms with Crippen LogP contribution in [0.4, 0.5) is 15.8 Å². The fourth-order valence-corrected chi connectivity index (χ4v) is 2.18. The first-order valence-electron chi connectivity index (χ1n) is 6.01. The predicted octanol–water partition coefficient (Wildman–Crippen LogP) is 4.12. The van der Waals surface area contributed by atoms with Gasteiger partial charge in [-0.2, -0.15) is 0 Å². The standard InChI is InChI=1S/C14H12BrFN2O3/c1-21-14-5-2-9(6-13(14)18(19)20)8-17-12-7-10(15)3-4-11(12)16/h2-7,17H,8H2,1H3. The topological polar surface area (TPSA) is 64.4 Å². The van der Waals surface area contributed by atoms with Crippen LogP contribution < -0.4 is 10.1 Å². The van der Waals surface area contributed by atoms with Crippen molar-refractivity contribution in [2.75, 3.05) is 12.4 Å². The Morgan fingerprint density at radius 1 is 1.33 bits per heavy atom. The molecule has 0 amide bonds. The van der Waals surface area contributed by atoms with Gasteiger partial charge in [-0.15, -0.1) is 0 Å². The summed E-state index contributed by atoms with van der Waals surface area (Å²) in [5.74, 6) is -0.196. The van der Waals surface area contributed by atoms with Gasteiger partial charge in [0.2, 0.25) is 0 Å². The van der Waals surface area contributed by atoms with Gasteiger partial charge in [0.15, 0.2) is 5.75 Å². The van der Waals surface area contributed by atoms with Crippen molar-refractivity contribution >= 4 is 27.3 Å². The van der Waals surface area contributed by atoms with Crippen molar-refractivity contribution in [1.29, 1.82) is 0 Å². The molecule has 0 saturated heterocycles. The highest BCUT2D eigenvalue weighted by Gasteiger charge is 2.15. The first-order valence-corrected chi connectivity index (χ1v) is 6.81. The van der Waals surface area contributed by atoms with E-state index in [0.29, 0.717) is 11.3 Å². The zero-order chi connectivity index (χ0) is 15.4. The van der Waals surface area contributed by atoms with Crippen molar-refractivity contribution < 1.29 is 14.1 Å². The second-order valence-corrected chi connectivity index (χ2v) is 5.16. The first kappa shape index (κ1) is 15.2. The van der Waals surface area contributed by atoms with Gasteiger partial charge in [0.05, 0.1) is 17.7 Å². The minimum Gasteiger partial charge on any atom is -0.490 e. The van der Waals surface area contributed by atoms with E-state index in [-0.39, 0.29) is 23.8 Å². The van der Waals surface area contributed by atoms with Gasteiger partial charge in [0, 0.05) is 17.1 Å². The molecule has 0 bridgehead atoms. The molecular weight excluding hydrogens is 343 g/mol. The summed E-state index contributed by atoms with van der Waals surface area (Å²) in [5, 5.41) is 13.9. The second kappa shape index (κ2) is 6.53. The molecule has 0 unspecified atom stereocenters. The normalized spacial score (nSPS) is 10.2. The Kier molecular flexibility index (Phi) is 4.74. The molecule has 2 aromatic carbocycles. The number of ether oxygens (including phenoxy) is 1. The van der Waals surface area contributed by atoms with Crippen molar-refractivity contribution in [2.45, 2.75) is 6.54 Å². The minimum absolute atomic E-state index is 0.119. The molecule has 0 aliphatic heterocycles. The molecule has 5 nitrogen and oxygen atoms in total. The summed E-state index contributed by atoms with van der Waals surface area (Å²) in [7, 11) is 1.37. The van der Waals surface area contributed by atoms with E-state index in [1.54, 1.807) is 18.2 Å². The summed E-state index contributed by atoms with van der Waals surface area (Å²) in [5.41, 5.74) is 0.858. The number of benzene rings is 2. The lowest BCUT2D eigenvalue weighted by atomic mass is 10.2. The van der Waals surface area contributed by atoms with Gasteiger partial charge < -0.3 is 10.1 Å². The maximum absolute atomic E-state index is 13.6. The molecule has 0 atom stereocenters. The number of nitrogens with zero attached hydrogens (tertiary/aromatic N) is 1. The maximum Gasteiger partial charge on any atom is 0.311 e. The van der Waals surface area contributed by atoms with Crippen LogP contribution in [0.3, 0.4) is 0 Å². The van der Waals surface area contributed by atoms with Crippen molar-refractivity contribution in [3.63, 3.8) is 0 Å². The third-order valence-electron chi connectivity index (χ3n) is 2.85. The molecule has 7 heteroatoms. The highest BCUT2D eigenvalue weighted by molar-refractivity contribution is 9.10. The smallest absolute Gasteiger partial charge is 0.311 e. The SMILES string of the molecule is COc1ccc(CNc2cc(Br)ccc2F)cc1[N+](=O)[O-]. The molecule has 2 rings (SSSR count). The van der Waals surface area contributed by atoms with Gasteiger partial charge in [-0.1, -0.05) is 22.0 Å². The Hall–Kier alpha value is -2.15. The molecule has 0 aliphatic rings. The molecule has 21 heavy (non-hydrogen) atoms. The van der Waals surface area contributed by atoms with E-state index < -0.39 is 4.92 Å². The summed E-state index contributed by atoms with van der Waals surface area (Å²) in [4.78, 5) is 10.4. The van der Waals surface area contributed by atoms with Gasteiger partial charge >= 0.3 is 5.69 Å². The van der Waals surface area contributed by atoms with Crippen LogP contribution in [0.5, 0.6) is 5.75 Å². The lowest BCUT2D eigenvalue weighted by Gasteiger charge is -2.09. The molecule has 0 aromatic heterocycles. The van der Waals surface area contributed by atoms with Gasteiger partial charge in [0.25, 0.3) is 0 Å². The number of anilines is 1. The molecule has 0 saturated carbocycles. The number of rotatable bonds is 5. The van der Waals surface area contributed by atoms with E-state index in [0.717, 1.165) is 4.47 Å². The Balaban J connectivity index is 2.18. The molecule has 110 valence electrons. The molecule has 0 radical (unpaired) electrons.